The molecule has 43 heavy (non-hydrogen) atoms. The van der Waals surface area contributed by atoms with Gasteiger partial charge in [0, 0.05) is 35.8 Å². The maximum Gasteiger partial charge on any atom is 0.255 e. The van der Waals surface area contributed by atoms with E-state index in [2.05, 4.69) is 12.2 Å². The van der Waals surface area contributed by atoms with Gasteiger partial charge in [-0.25, -0.2) is 0 Å². The van der Waals surface area contributed by atoms with E-state index in [0.717, 1.165) is 16.7 Å². The van der Waals surface area contributed by atoms with Gasteiger partial charge in [-0.2, -0.15) is 0 Å². The van der Waals surface area contributed by atoms with Gasteiger partial charge in [-0.05, 0) is 60.1 Å². The van der Waals surface area contributed by atoms with Crippen molar-refractivity contribution >= 4 is 11.6 Å². The van der Waals surface area contributed by atoms with E-state index in [0.29, 0.717) is 29.9 Å². The van der Waals surface area contributed by atoms with Crippen LogP contribution in [-0.2, 0) is 16.1 Å². The zero-order chi connectivity index (χ0) is 30.3. The van der Waals surface area contributed by atoms with E-state index in [1.165, 1.54) is 0 Å². The number of anilines is 1. The molecule has 1 saturated heterocycles. The molecule has 1 amide bonds. The summed E-state index contributed by atoms with van der Waals surface area (Å²) in [5.74, 6) is -0.0973. The van der Waals surface area contributed by atoms with Crippen LogP contribution >= 0.6 is 0 Å². The molecule has 0 unspecified atom stereocenters. The summed E-state index contributed by atoms with van der Waals surface area (Å²) in [4.78, 5) is 14.6. The Hall–Kier alpha value is -4.05. The Morgan fingerprint density at radius 3 is 2.28 bits per heavy atom. The number of ether oxygens (including phenoxy) is 2. The standard InChI is InChI=1S/C35H38N2O6/c1-23-32(21-37(2)20-31(40)28-9-6-10-30(39)19-28)42-35(43-33(23)25-13-11-24(22-38)12-14-25)27-15-17-29(18-16-27)36-34(41)26-7-4-3-5-8-26/h3-19,23,31-33,35,38-40H,20-22H2,1-2H3,(H,36,41)/t23-,31-,32+,33+,35+/m1/s1. The third kappa shape index (κ3) is 7.67. The van der Waals surface area contributed by atoms with Gasteiger partial charge in [-0.1, -0.05) is 73.7 Å². The van der Waals surface area contributed by atoms with E-state index < -0.39 is 12.4 Å². The SMILES string of the molecule is C[C@@H]1[C@H](CN(C)C[C@@H](O)c2cccc(O)c2)O[C@H](c2ccc(NC(=O)c3ccccc3)cc2)O[C@@H]1c1ccc(CO)cc1. The smallest absolute Gasteiger partial charge is 0.255 e. The van der Waals surface area contributed by atoms with E-state index in [9.17, 15) is 20.1 Å². The number of carbonyl (C=O) groups excluding carboxylic acids is 1. The quantitative estimate of drug-likeness (QED) is 0.193. The van der Waals surface area contributed by atoms with Crippen molar-refractivity contribution in [2.24, 2.45) is 5.92 Å². The van der Waals surface area contributed by atoms with Gasteiger partial charge in [-0.3, -0.25) is 4.79 Å². The molecule has 4 aromatic rings. The minimum Gasteiger partial charge on any atom is -0.508 e. The summed E-state index contributed by atoms with van der Waals surface area (Å²) >= 11 is 0. The Balaban J connectivity index is 1.32. The van der Waals surface area contributed by atoms with E-state index in [1.54, 1.807) is 36.4 Å². The number of amides is 1. The van der Waals surface area contributed by atoms with Crippen molar-refractivity contribution in [3.8, 4) is 5.75 Å². The van der Waals surface area contributed by atoms with Crippen molar-refractivity contribution in [2.45, 2.75) is 38.1 Å². The highest BCUT2D eigenvalue weighted by Crippen LogP contribution is 2.42. The van der Waals surface area contributed by atoms with Gasteiger partial charge in [0.05, 0.1) is 24.9 Å². The number of carbonyl (C=O) groups is 1. The molecule has 0 bridgehead atoms. The number of hydrogen-bond acceptors (Lipinski definition) is 7. The summed E-state index contributed by atoms with van der Waals surface area (Å²) in [7, 11) is 1.93. The maximum atomic E-state index is 12.6. The summed E-state index contributed by atoms with van der Waals surface area (Å²) < 4.78 is 13.1. The Kier molecular flexibility index (Phi) is 9.86. The zero-order valence-corrected chi connectivity index (χ0v) is 24.3. The molecule has 8 heteroatoms. The highest BCUT2D eigenvalue weighted by atomic mass is 16.7. The zero-order valence-electron chi connectivity index (χ0n) is 24.3. The second-order valence-electron chi connectivity index (χ2n) is 11.1. The van der Waals surface area contributed by atoms with Gasteiger partial charge < -0.3 is 35.0 Å². The number of hydrogen-bond donors (Lipinski definition) is 4. The van der Waals surface area contributed by atoms with Crippen molar-refractivity contribution in [2.75, 3.05) is 25.5 Å². The van der Waals surface area contributed by atoms with Crippen LogP contribution in [0.25, 0.3) is 0 Å². The van der Waals surface area contributed by atoms with Crippen molar-refractivity contribution < 1.29 is 29.6 Å². The fraction of sp³-hybridized carbons (Fsp3) is 0.286. The first kappa shape index (κ1) is 30.4. The lowest BCUT2D eigenvalue weighted by molar-refractivity contribution is -0.276. The van der Waals surface area contributed by atoms with Gasteiger partial charge in [0.25, 0.3) is 5.91 Å². The van der Waals surface area contributed by atoms with Crippen molar-refractivity contribution in [3.63, 3.8) is 0 Å². The predicted octanol–water partition coefficient (Wildman–Crippen LogP) is 5.59. The lowest BCUT2D eigenvalue weighted by Crippen LogP contribution is -2.44. The molecule has 0 aromatic heterocycles. The van der Waals surface area contributed by atoms with Crippen molar-refractivity contribution in [1.29, 1.82) is 0 Å². The van der Waals surface area contributed by atoms with Crippen LogP contribution in [-0.4, -0.2) is 52.4 Å². The number of phenolic OH excluding ortho intramolecular Hbond substituents is 1. The van der Waals surface area contributed by atoms with Crippen molar-refractivity contribution in [3.05, 3.63) is 131 Å². The number of likely N-dealkylation sites (N-methyl/N-ethyl adjacent to an activating group) is 1. The maximum absolute atomic E-state index is 12.6. The predicted molar refractivity (Wildman–Crippen MR) is 164 cm³/mol. The molecular weight excluding hydrogens is 544 g/mol. The number of aliphatic hydroxyl groups is 2. The fourth-order valence-electron chi connectivity index (χ4n) is 5.36. The third-order valence-electron chi connectivity index (χ3n) is 7.83. The van der Waals surface area contributed by atoms with E-state index in [4.69, 9.17) is 9.47 Å². The first-order valence-electron chi connectivity index (χ1n) is 14.4. The molecule has 4 aromatic carbocycles. The highest BCUT2D eigenvalue weighted by Gasteiger charge is 2.39. The van der Waals surface area contributed by atoms with Crippen LogP contribution in [0.4, 0.5) is 5.69 Å². The lowest BCUT2D eigenvalue weighted by Gasteiger charge is -2.42. The summed E-state index contributed by atoms with van der Waals surface area (Å²) in [5.41, 5.74) is 4.51. The molecule has 0 aliphatic carbocycles. The Labute approximate surface area is 252 Å². The van der Waals surface area contributed by atoms with Crippen LogP contribution in [0.2, 0.25) is 0 Å². The molecule has 0 saturated carbocycles. The van der Waals surface area contributed by atoms with Crippen LogP contribution in [0, 0.1) is 5.92 Å². The topological polar surface area (TPSA) is 111 Å². The summed E-state index contributed by atoms with van der Waals surface area (Å²) in [5, 5.41) is 33.1. The number of nitrogens with zero attached hydrogens (tertiary/aromatic N) is 1. The van der Waals surface area contributed by atoms with Gasteiger partial charge in [0.2, 0.25) is 0 Å². The van der Waals surface area contributed by atoms with Crippen LogP contribution in [0.15, 0.2) is 103 Å². The molecule has 1 aliphatic heterocycles. The molecule has 4 N–H and O–H groups in total. The normalized spacial score (nSPS) is 21.0. The second-order valence-corrected chi connectivity index (χ2v) is 11.1. The second kappa shape index (κ2) is 13.9. The molecule has 1 aliphatic rings. The highest BCUT2D eigenvalue weighted by molar-refractivity contribution is 6.04. The average molecular weight is 583 g/mol. The van der Waals surface area contributed by atoms with Crippen LogP contribution in [0.3, 0.4) is 0 Å². The molecule has 1 fully saturated rings. The van der Waals surface area contributed by atoms with E-state index in [-0.39, 0.29) is 36.4 Å². The molecule has 224 valence electrons. The summed E-state index contributed by atoms with van der Waals surface area (Å²) in [6.07, 6.45) is -1.95. The van der Waals surface area contributed by atoms with Crippen LogP contribution < -0.4 is 5.32 Å². The Bertz CT molecular complexity index is 1480. The Morgan fingerprint density at radius 2 is 1.60 bits per heavy atom. The first-order chi connectivity index (χ1) is 20.8. The molecule has 5 rings (SSSR count). The number of aromatic hydroxyl groups is 1. The number of rotatable bonds is 10. The number of benzene rings is 4. The van der Waals surface area contributed by atoms with Gasteiger partial charge >= 0.3 is 0 Å². The average Bonchev–Trinajstić information content (AvgIpc) is 3.03. The minimum atomic E-state index is -0.775. The summed E-state index contributed by atoms with van der Waals surface area (Å²) in [6, 6.07) is 30.9. The number of aliphatic hydroxyl groups excluding tert-OH is 2. The third-order valence-corrected chi connectivity index (χ3v) is 7.83. The first-order valence-corrected chi connectivity index (χ1v) is 14.4. The molecule has 1 heterocycles. The number of phenols is 1. The fourth-order valence-corrected chi connectivity index (χ4v) is 5.36. The Morgan fingerprint density at radius 1 is 0.907 bits per heavy atom. The van der Waals surface area contributed by atoms with E-state index in [1.807, 2.05) is 78.7 Å². The lowest BCUT2D eigenvalue weighted by atomic mass is 9.90. The van der Waals surface area contributed by atoms with E-state index >= 15 is 0 Å². The summed E-state index contributed by atoms with van der Waals surface area (Å²) in [6.45, 7) is 2.95. The largest absolute Gasteiger partial charge is 0.508 e. The minimum absolute atomic E-state index is 0.0268. The molecule has 8 nitrogen and oxygen atoms in total. The van der Waals surface area contributed by atoms with Crippen LogP contribution in [0.5, 0.6) is 5.75 Å². The monoisotopic (exact) mass is 582 g/mol. The molecule has 5 atom stereocenters. The van der Waals surface area contributed by atoms with Gasteiger partial charge in [-0.15, -0.1) is 0 Å². The molecule has 0 spiro atoms. The van der Waals surface area contributed by atoms with Gasteiger partial charge in [0.15, 0.2) is 6.29 Å². The van der Waals surface area contributed by atoms with Crippen molar-refractivity contribution in [1.82, 2.24) is 4.90 Å². The molecular formula is C35H38N2O6. The molecule has 0 radical (unpaired) electrons. The van der Waals surface area contributed by atoms with Crippen LogP contribution in [0.1, 0.15) is 58.0 Å². The van der Waals surface area contributed by atoms with Gasteiger partial charge in [0.1, 0.15) is 5.75 Å². The number of nitrogens with one attached hydrogen (secondary N) is 1.